The smallest absolute Gasteiger partial charge is 0.407 e. The molecule has 226 valence electrons. The summed E-state index contributed by atoms with van der Waals surface area (Å²) in [5, 5.41) is 14.3. The minimum Gasteiger partial charge on any atom is -0.480 e. The zero-order valence-electron chi connectivity index (χ0n) is 25.2. The predicted molar refractivity (Wildman–Crippen MR) is 166 cm³/mol. The molecule has 2 N–H and O–H groups in total. The summed E-state index contributed by atoms with van der Waals surface area (Å²) in [4.78, 5) is 38.4. The van der Waals surface area contributed by atoms with E-state index in [0.717, 1.165) is 38.7 Å². The lowest BCUT2D eigenvalue weighted by Gasteiger charge is -2.19. The third kappa shape index (κ3) is 4.38. The van der Waals surface area contributed by atoms with Crippen molar-refractivity contribution in [3.8, 4) is 28.3 Å². The Kier molecular flexibility index (Phi) is 6.60. The molecular weight excluding hydrogens is 562 g/mol. The van der Waals surface area contributed by atoms with E-state index in [0.29, 0.717) is 35.8 Å². The van der Waals surface area contributed by atoms with Crippen LogP contribution in [0.25, 0.3) is 55.2 Å². The molecule has 1 amide bonds. The number of pyridine rings is 1. The lowest BCUT2D eigenvalue weighted by molar-refractivity contribution is 0.166. The van der Waals surface area contributed by atoms with Crippen molar-refractivity contribution in [3.63, 3.8) is 0 Å². The number of hydrogen-bond acceptors (Lipinski definition) is 8. The second kappa shape index (κ2) is 10.5. The Labute approximate surface area is 251 Å². The first-order valence-electron chi connectivity index (χ1n) is 14.6. The Balaban J connectivity index is 1.54. The van der Waals surface area contributed by atoms with Gasteiger partial charge < -0.3 is 19.8 Å². The first-order valence-corrected chi connectivity index (χ1v) is 14.6. The van der Waals surface area contributed by atoms with Crippen LogP contribution in [-0.2, 0) is 11.8 Å². The summed E-state index contributed by atoms with van der Waals surface area (Å²) in [7, 11) is 4.72. The van der Waals surface area contributed by atoms with E-state index in [-0.39, 0.29) is 24.0 Å². The second-order valence-electron chi connectivity index (χ2n) is 11.6. The number of carbonyl (C=O) groups excluding carboxylic acids is 1. The Morgan fingerprint density at radius 1 is 1.11 bits per heavy atom. The molecular formula is C31H33N9O4. The predicted octanol–water partition coefficient (Wildman–Crippen LogP) is 4.73. The first-order chi connectivity index (χ1) is 21.3. The maximum absolute atomic E-state index is 13.8. The van der Waals surface area contributed by atoms with Crippen LogP contribution in [0.3, 0.4) is 0 Å². The molecule has 0 aliphatic heterocycles. The fourth-order valence-corrected chi connectivity index (χ4v) is 6.56. The number of fused-ring (bicyclic) bond motifs is 4. The Bertz CT molecular complexity index is 2120. The molecule has 5 heterocycles. The highest BCUT2D eigenvalue weighted by molar-refractivity contribution is 6.15. The van der Waals surface area contributed by atoms with E-state index in [1.165, 1.54) is 14.2 Å². The number of aromatic nitrogens is 8. The molecule has 44 heavy (non-hydrogen) atoms. The maximum Gasteiger partial charge on any atom is 0.407 e. The number of benzene rings is 1. The average molecular weight is 596 g/mol. The van der Waals surface area contributed by atoms with Crippen molar-refractivity contribution in [2.75, 3.05) is 14.2 Å². The molecule has 13 heteroatoms. The lowest BCUT2D eigenvalue weighted by Crippen LogP contribution is -2.33. The van der Waals surface area contributed by atoms with Gasteiger partial charge in [-0.05, 0) is 50.8 Å². The van der Waals surface area contributed by atoms with E-state index in [9.17, 15) is 9.59 Å². The summed E-state index contributed by atoms with van der Waals surface area (Å²) < 4.78 is 15.9. The number of amides is 1. The van der Waals surface area contributed by atoms with Gasteiger partial charge in [-0.3, -0.25) is 13.9 Å². The first kappa shape index (κ1) is 27.6. The number of rotatable bonds is 6. The van der Waals surface area contributed by atoms with Crippen LogP contribution < -0.4 is 15.7 Å². The zero-order valence-corrected chi connectivity index (χ0v) is 25.2. The van der Waals surface area contributed by atoms with Gasteiger partial charge in [0.2, 0.25) is 5.88 Å². The number of ether oxygens (including phenoxy) is 2. The highest BCUT2D eigenvalue weighted by Gasteiger charge is 2.32. The fourth-order valence-electron chi connectivity index (χ4n) is 6.56. The number of alkyl carbamates (subject to hydrolysis) is 1. The van der Waals surface area contributed by atoms with Gasteiger partial charge in [0.25, 0.3) is 0 Å². The number of H-pyrrole nitrogens is 1. The molecule has 1 aromatic carbocycles. The van der Waals surface area contributed by atoms with Gasteiger partial charge in [0, 0.05) is 54.1 Å². The molecule has 0 spiro atoms. The van der Waals surface area contributed by atoms with E-state index in [4.69, 9.17) is 14.5 Å². The molecule has 0 saturated heterocycles. The number of aryl methyl sites for hydroxylation is 1. The highest BCUT2D eigenvalue weighted by atomic mass is 16.5. The fraction of sp³-hybridized carbons (Fsp3) is 0.355. The summed E-state index contributed by atoms with van der Waals surface area (Å²) in [6, 6.07) is 6.14. The van der Waals surface area contributed by atoms with Gasteiger partial charge in [-0.1, -0.05) is 6.07 Å². The standard InChI is InChI=1S/C31H33N9O4/c1-16(2)40-23-9-6-17(10-18(23)12-34-40)24-25-27-22(14-32-28(25)36-26(24)19-13-33-38(3)15-19)29(43-4)37-30(41)39(27)21-8-7-20(11-21)35-31(42)44-5/h6,9-10,12-16,20-21H,7-8,11H2,1-5H3,(H,32,36)(H,35,42)/t20-,21-/m1/s1. The van der Waals surface area contributed by atoms with Crippen molar-refractivity contribution in [1.82, 2.24) is 44.4 Å². The van der Waals surface area contributed by atoms with E-state index >= 15 is 0 Å². The SMILES string of the molecule is COC(=O)N[C@@H]1CC[C@@H](n2c(=O)nc(OC)c3cnc4[nH]c(-c5cnn(C)c5)c(-c5ccc6c(cnn6C(C)C)c5)c4c32)C1. The van der Waals surface area contributed by atoms with Crippen LogP contribution in [0.5, 0.6) is 5.88 Å². The molecule has 13 nitrogen and oxygen atoms in total. The van der Waals surface area contributed by atoms with Gasteiger partial charge in [-0.15, -0.1) is 0 Å². The largest absolute Gasteiger partial charge is 0.480 e. The average Bonchev–Trinajstić information content (AvgIpc) is 3.81. The summed E-state index contributed by atoms with van der Waals surface area (Å²) >= 11 is 0. The molecule has 0 unspecified atom stereocenters. The minimum absolute atomic E-state index is 0.134. The second-order valence-corrected chi connectivity index (χ2v) is 11.6. The quantitative estimate of drug-likeness (QED) is 0.281. The molecule has 1 fully saturated rings. The Hall–Kier alpha value is -5.20. The van der Waals surface area contributed by atoms with Gasteiger partial charge in [0.15, 0.2) is 0 Å². The van der Waals surface area contributed by atoms with Crippen molar-refractivity contribution in [1.29, 1.82) is 0 Å². The van der Waals surface area contributed by atoms with Crippen LogP contribution in [0.4, 0.5) is 4.79 Å². The molecule has 7 rings (SSSR count). The van der Waals surface area contributed by atoms with Crippen molar-refractivity contribution < 1.29 is 14.3 Å². The van der Waals surface area contributed by atoms with Crippen LogP contribution in [0.2, 0.25) is 0 Å². The number of carbonyl (C=O) groups is 1. The van der Waals surface area contributed by atoms with E-state index < -0.39 is 11.8 Å². The van der Waals surface area contributed by atoms with Gasteiger partial charge in [-0.2, -0.15) is 15.2 Å². The monoisotopic (exact) mass is 595 g/mol. The number of methoxy groups -OCH3 is 2. The Morgan fingerprint density at radius 2 is 1.95 bits per heavy atom. The summed E-state index contributed by atoms with van der Waals surface area (Å²) in [5.74, 6) is 0.210. The number of nitrogens with zero attached hydrogens (tertiary/aromatic N) is 7. The van der Waals surface area contributed by atoms with Gasteiger partial charge in [0.05, 0.1) is 54.1 Å². The molecule has 1 aliphatic carbocycles. The number of nitrogens with one attached hydrogen (secondary N) is 2. The number of hydrogen-bond donors (Lipinski definition) is 2. The van der Waals surface area contributed by atoms with Crippen molar-refractivity contribution in [2.24, 2.45) is 7.05 Å². The van der Waals surface area contributed by atoms with Gasteiger partial charge >= 0.3 is 11.8 Å². The molecule has 0 bridgehead atoms. The maximum atomic E-state index is 13.8. The molecule has 1 saturated carbocycles. The topological polar surface area (TPSA) is 147 Å². The van der Waals surface area contributed by atoms with Crippen molar-refractivity contribution in [2.45, 2.75) is 51.2 Å². The molecule has 2 atom stereocenters. The van der Waals surface area contributed by atoms with E-state index in [1.54, 1.807) is 21.6 Å². The molecule has 0 radical (unpaired) electrons. The van der Waals surface area contributed by atoms with Crippen LogP contribution in [0.1, 0.15) is 45.2 Å². The van der Waals surface area contributed by atoms with E-state index in [2.05, 4.69) is 57.5 Å². The van der Waals surface area contributed by atoms with Crippen LogP contribution >= 0.6 is 0 Å². The third-order valence-corrected chi connectivity index (χ3v) is 8.51. The molecule has 6 aromatic rings. The molecule has 1 aliphatic rings. The minimum atomic E-state index is -0.488. The lowest BCUT2D eigenvalue weighted by atomic mass is 9.98. The number of aromatic amines is 1. The van der Waals surface area contributed by atoms with Crippen LogP contribution in [0.15, 0.2) is 47.8 Å². The highest BCUT2D eigenvalue weighted by Crippen LogP contribution is 2.44. The summed E-state index contributed by atoms with van der Waals surface area (Å²) in [6.07, 6.45) is 8.77. The van der Waals surface area contributed by atoms with Crippen molar-refractivity contribution >= 4 is 38.9 Å². The van der Waals surface area contributed by atoms with Gasteiger partial charge in [-0.25, -0.2) is 14.6 Å². The Morgan fingerprint density at radius 3 is 2.68 bits per heavy atom. The molecule has 5 aromatic heterocycles. The van der Waals surface area contributed by atoms with E-state index in [1.807, 2.05) is 24.1 Å². The van der Waals surface area contributed by atoms with Crippen LogP contribution in [0, 0.1) is 0 Å². The van der Waals surface area contributed by atoms with Gasteiger partial charge in [0.1, 0.15) is 5.65 Å². The van der Waals surface area contributed by atoms with Crippen LogP contribution in [-0.4, -0.2) is 65.4 Å². The zero-order chi connectivity index (χ0) is 30.7. The summed E-state index contributed by atoms with van der Waals surface area (Å²) in [5.41, 5.74) is 5.44. The summed E-state index contributed by atoms with van der Waals surface area (Å²) in [6.45, 7) is 4.21. The van der Waals surface area contributed by atoms with Crippen molar-refractivity contribution in [3.05, 3.63) is 53.5 Å². The third-order valence-electron chi connectivity index (χ3n) is 8.51. The normalized spacial score (nSPS) is 16.9.